The maximum atomic E-state index is 10.1. The summed E-state index contributed by atoms with van der Waals surface area (Å²) >= 11 is 0. The van der Waals surface area contributed by atoms with Crippen LogP contribution in [-0.2, 0) is 6.42 Å². The van der Waals surface area contributed by atoms with Gasteiger partial charge in [-0.25, -0.2) is 0 Å². The van der Waals surface area contributed by atoms with Crippen molar-refractivity contribution < 1.29 is 18.9 Å². The molecule has 0 spiro atoms. The molecule has 2 aromatic rings. The molecule has 2 aromatic carbocycles. The molecule has 144 valence electrons. The zero-order valence-corrected chi connectivity index (χ0v) is 16.2. The fourth-order valence-electron chi connectivity index (χ4n) is 5.02. The standard InChI is InChI=1S/C22H22N2O4/c1-12-14-4-5-17(25-2)22(26-3)20(14)16(10-23)24-7-6-13-8-18-19(28-11-27-18)9-15(13)21(12)24/h4-5,8-9,12,16,21H,6-7,11H2,1-3H3/t12-,16-,21+/m1/s1. The van der Waals surface area contributed by atoms with Crippen molar-refractivity contribution in [1.82, 2.24) is 4.90 Å². The monoisotopic (exact) mass is 378 g/mol. The molecule has 0 saturated heterocycles. The van der Waals surface area contributed by atoms with E-state index >= 15 is 0 Å². The number of benzene rings is 2. The number of hydrogen-bond acceptors (Lipinski definition) is 6. The highest BCUT2D eigenvalue weighted by Crippen LogP contribution is 2.55. The van der Waals surface area contributed by atoms with Crippen molar-refractivity contribution >= 4 is 0 Å². The molecule has 3 aliphatic rings. The largest absolute Gasteiger partial charge is 0.493 e. The Morgan fingerprint density at radius 3 is 2.61 bits per heavy atom. The molecule has 0 aliphatic carbocycles. The molecule has 0 bridgehead atoms. The average Bonchev–Trinajstić information content (AvgIpc) is 3.18. The van der Waals surface area contributed by atoms with Gasteiger partial charge in [0.1, 0.15) is 6.04 Å². The van der Waals surface area contributed by atoms with Crippen LogP contribution in [-0.4, -0.2) is 32.5 Å². The maximum Gasteiger partial charge on any atom is 0.231 e. The number of nitriles is 1. The molecule has 0 aromatic heterocycles. The summed E-state index contributed by atoms with van der Waals surface area (Å²) < 4.78 is 22.4. The second-order valence-electron chi connectivity index (χ2n) is 7.46. The Kier molecular flexibility index (Phi) is 3.88. The number of fused-ring (bicyclic) bond motifs is 5. The molecular formula is C22H22N2O4. The molecule has 3 heterocycles. The zero-order valence-electron chi connectivity index (χ0n) is 16.2. The van der Waals surface area contributed by atoms with Crippen molar-refractivity contribution in [3.05, 3.63) is 46.5 Å². The van der Waals surface area contributed by atoms with Gasteiger partial charge in [0.2, 0.25) is 6.79 Å². The minimum absolute atomic E-state index is 0.105. The lowest BCUT2D eigenvalue weighted by molar-refractivity contribution is 0.114. The fraction of sp³-hybridized carbons (Fsp3) is 0.409. The van der Waals surface area contributed by atoms with Gasteiger partial charge in [-0.1, -0.05) is 13.0 Å². The van der Waals surface area contributed by atoms with Gasteiger partial charge in [-0.2, -0.15) is 5.26 Å². The molecule has 3 atom stereocenters. The van der Waals surface area contributed by atoms with Crippen LogP contribution in [0.5, 0.6) is 23.0 Å². The van der Waals surface area contributed by atoms with Gasteiger partial charge >= 0.3 is 0 Å². The van der Waals surface area contributed by atoms with E-state index in [0.29, 0.717) is 11.5 Å². The van der Waals surface area contributed by atoms with E-state index in [1.807, 2.05) is 6.07 Å². The Morgan fingerprint density at radius 1 is 1.11 bits per heavy atom. The molecule has 0 radical (unpaired) electrons. The summed E-state index contributed by atoms with van der Waals surface area (Å²) in [5.41, 5.74) is 4.56. The van der Waals surface area contributed by atoms with Crippen LogP contribution in [0.4, 0.5) is 0 Å². The van der Waals surface area contributed by atoms with Crippen molar-refractivity contribution in [2.24, 2.45) is 0 Å². The van der Waals surface area contributed by atoms with E-state index < -0.39 is 0 Å². The lowest BCUT2D eigenvalue weighted by Crippen LogP contribution is -2.43. The van der Waals surface area contributed by atoms with Crippen LogP contribution in [0.2, 0.25) is 0 Å². The van der Waals surface area contributed by atoms with E-state index in [0.717, 1.165) is 35.6 Å². The molecule has 0 fully saturated rings. The predicted molar refractivity (Wildman–Crippen MR) is 102 cm³/mol. The van der Waals surface area contributed by atoms with Crippen molar-refractivity contribution in [3.63, 3.8) is 0 Å². The summed E-state index contributed by atoms with van der Waals surface area (Å²) in [5, 5.41) is 10.1. The number of methoxy groups -OCH3 is 2. The first-order chi connectivity index (χ1) is 13.7. The first kappa shape index (κ1) is 17.2. The minimum atomic E-state index is -0.389. The van der Waals surface area contributed by atoms with E-state index in [-0.39, 0.29) is 24.8 Å². The van der Waals surface area contributed by atoms with Gasteiger partial charge in [0.25, 0.3) is 0 Å². The van der Waals surface area contributed by atoms with Gasteiger partial charge in [-0.15, -0.1) is 0 Å². The molecule has 6 nitrogen and oxygen atoms in total. The van der Waals surface area contributed by atoms with Gasteiger partial charge in [0.15, 0.2) is 23.0 Å². The van der Waals surface area contributed by atoms with Gasteiger partial charge in [0.05, 0.1) is 20.3 Å². The topological polar surface area (TPSA) is 64.0 Å². The van der Waals surface area contributed by atoms with Gasteiger partial charge in [0, 0.05) is 24.1 Å². The molecule has 6 heteroatoms. The highest BCUT2D eigenvalue weighted by atomic mass is 16.7. The summed E-state index contributed by atoms with van der Waals surface area (Å²) in [5.74, 6) is 3.12. The first-order valence-electron chi connectivity index (χ1n) is 9.50. The third kappa shape index (κ3) is 2.23. The van der Waals surface area contributed by atoms with Gasteiger partial charge in [-0.3, -0.25) is 4.90 Å². The molecule has 5 rings (SSSR count). The van der Waals surface area contributed by atoms with Crippen LogP contribution in [0.1, 0.15) is 47.2 Å². The van der Waals surface area contributed by atoms with E-state index in [9.17, 15) is 5.26 Å². The van der Waals surface area contributed by atoms with Crippen molar-refractivity contribution in [1.29, 1.82) is 5.26 Å². The quantitative estimate of drug-likeness (QED) is 0.794. The van der Waals surface area contributed by atoms with E-state index in [4.69, 9.17) is 18.9 Å². The molecule has 0 N–H and O–H groups in total. The van der Waals surface area contributed by atoms with E-state index in [1.54, 1.807) is 14.2 Å². The van der Waals surface area contributed by atoms with E-state index in [2.05, 4.69) is 36.1 Å². The first-order valence-corrected chi connectivity index (χ1v) is 9.50. The number of nitrogens with zero attached hydrogens (tertiary/aromatic N) is 2. The van der Waals surface area contributed by atoms with E-state index in [1.165, 1.54) is 11.1 Å². The van der Waals surface area contributed by atoms with Crippen LogP contribution in [0.15, 0.2) is 24.3 Å². The minimum Gasteiger partial charge on any atom is -0.493 e. The summed E-state index contributed by atoms with van der Waals surface area (Å²) in [6.45, 7) is 3.29. The smallest absolute Gasteiger partial charge is 0.231 e. The molecule has 28 heavy (non-hydrogen) atoms. The molecule has 0 saturated carbocycles. The normalized spacial score (nSPS) is 24.6. The van der Waals surface area contributed by atoms with Crippen molar-refractivity contribution in [2.45, 2.75) is 31.3 Å². The number of ether oxygens (including phenoxy) is 4. The second kappa shape index (κ2) is 6.32. The third-order valence-electron chi connectivity index (χ3n) is 6.26. The Hall–Kier alpha value is -2.91. The number of rotatable bonds is 2. The molecular weight excluding hydrogens is 356 g/mol. The van der Waals surface area contributed by atoms with Crippen LogP contribution in [0.3, 0.4) is 0 Å². The van der Waals surface area contributed by atoms with Crippen LogP contribution >= 0.6 is 0 Å². The lowest BCUT2D eigenvalue weighted by atomic mass is 9.74. The SMILES string of the molecule is COc1ccc2c(c1OC)[C@@H](C#N)N1CCc3cc4c(cc3[C@@H]1[C@@H]2C)OCO4. The molecule has 0 unspecified atom stereocenters. The van der Waals surface area contributed by atoms with Crippen LogP contribution in [0.25, 0.3) is 0 Å². The average molecular weight is 378 g/mol. The summed E-state index contributed by atoms with van der Waals surface area (Å²) in [4.78, 5) is 2.29. The predicted octanol–water partition coefficient (Wildman–Crippen LogP) is 3.71. The van der Waals surface area contributed by atoms with Crippen molar-refractivity contribution in [2.75, 3.05) is 27.6 Å². The van der Waals surface area contributed by atoms with Crippen LogP contribution in [0, 0.1) is 11.3 Å². The fourth-order valence-corrected chi connectivity index (χ4v) is 5.02. The Bertz CT molecular complexity index is 997. The maximum absolute atomic E-state index is 10.1. The Morgan fingerprint density at radius 2 is 1.89 bits per heavy atom. The second-order valence-corrected chi connectivity index (χ2v) is 7.46. The highest BCUT2D eigenvalue weighted by molar-refractivity contribution is 5.58. The summed E-state index contributed by atoms with van der Waals surface area (Å²) in [7, 11) is 3.26. The number of hydrogen-bond donors (Lipinski definition) is 0. The zero-order chi connectivity index (χ0) is 19.4. The summed E-state index contributed by atoms with van der Waals surface area (Å²) in [6.07, 6.45) is 0.870. The van der Waals surface area contributed by atoms with Gasteiger partial charge < -0.3 is 18.9 Å². The van der Waals surface area contributed by atoms with Crippen LogP contribution < -0.4 is 18.9 Å². The lowest BCUT2D eigenvalue weighted by Gasteiger charge is -2.47. The molecule has 3 aliphatic heterocycles. The molecule has 0 amide bonds. The van der Waals surface area contributed by atoms with Crippen molar-refractivity contribution in [3.8, 4) is 29.1 Å². The third-order valence-corrected chi connectivity index (χ3v) is 6.26. The Labute approximate surface area is 164 Å². The highest BCUT2D eigenvalue weighted by Gasteiger charge is 2.45. The Balaban J connectivity index is 1.70. The summed E-state index contributed by atoms with van der Waals surface area (Å²) in [6, 6.07) is 10.5. The van der Waals surface area contributed by atoms with Gasteiger partial charge in [-0.05, 0) is 41.3 Å².